The van der Waals surface area contributed by atoms with E-state index in [1.165, 1.54) is 5.01 Å². The Labute approximate surface area is 114 Å². The first-order chi connectivity index (χ1) is 8.30. The Morgan fingerprint density at radius 1 is 1.50 bits per heavy atom. The van der Waals surface area contributed by atoms with E-state index < -0.39 is 5.60 Å². The quantitative estimate of drug-likeness (QED) is 0.792. The van der Waals surface area contributed by atoms with Crippen molar-refractivity contribution in [2.24, 2.45) is 0 Å². The van der Waals surface area contributed by atoms with Crippen molar-refractivity contribution in [1.82, 2.24) is 15.2 Å². The van der Waals surface area contributed by atoms with Crippen molar-refractivity contribution in [3.05, 3.63) is 16.1 Å². The van der Waals surface area contributed by atoms with Crippen LogP contribution in [0.2, 0.25) is 0 Å². The zero-order valence-electron chi connectivity index (χ0n) is 12.0. The third-order valence-electron chi connectivity index (χ3n) is 2.53. The van der Waals surface area contributed by atoms with Gasteiger partial charge < -0.3 is 15.3 Å². The minimum absolute atomic E-state index is 0.487. The third kappa shape index (κ3) is 5.44. The van der Waals surface area contributed by atoms with Crippen LogP contribution in [0.5, 0.6) is 0 Å². The maximum Gasteiger partial charge on any atom is 0.0954 e. The zero-order valence-corrected chi connectivity index (χ0v) is 12.8. The Bertz CT molecular complexity index is 361. The summed E-state index contributed by atoms with van der Waals surface area (Å²) in [5.41, 5.74) is 0.352. The summed E-state index contributed by atoms with van der Waals surface area (Å²) in [5.74, 6) is 0.487. The first-order valence-electron chi connectivity index (χ1n) is 6.32. The van der Waals surface area contributed by atoms with Gasteiger partial charge in [0.1, 0.15) is 0 Å². The van der Waals surface area contributed by atoms with Crippen molar-refractivity contribution >= 4 is 11.3 Å². The van der Waals surface area contributed by atoms with E-state index in [1.807, 2.05) is 25.9 Å². The van der Waals surface area contributed by atoms with Crippen molar-refractivity contribution in [3.63, 3.8) is 0 Å². The summed E-state index contributed by atoms with van der Waals surface area (Å²) in [6, 6.07) is 0. The number of rotatable bonds is 7. The standard InChI is InChI=1S/C13H25N3OS/c1-10(2)12-15-11(7-18-12)6-14-8-13(3,17)9-16(4)5/h7,10,14,17H,6,8-9H2,1-5H3. The topological polar surface area (TPSA) is 48.4 Å². The molecule has 1 unspecified atom stereocenters. The van der Waals surface area contributed by atoms with E-state index >= 15 is 0 Å². The molecule has 0 fully saturated rings. The van der Waals surface area contributed by atoms with Gasteiger partial charge in [-0.25, -0.2) is 4.98 Å². The fourth-order valence-electron chi connectivity index (χ4n) is 1.87. The first kappa shape index (κ1) is 15.6. The predicted molar refractivity (Wildman–Crippen MR) is 77.1 cm³/mol. The molecule has 104 valence electrons. The van der Waals surface area contributed by atoms with Gasteiger partial charge in [0.2, 0.25) is 0 Å². The van der Waals surface area contributed by atoms with Gasteiger partial charge in [0.15, 0.2) is 0 Å². The van der Waals surface area contributed by atoms with Crippen LogP contribution in [-0.4, -0.2) is 47.8 Å². The smallest absolute Gasteiger partial charge is 0.0954 e. The Balaban J connectivity index is 2.36. The normalized spacial score (nSPS) is 15.3. The summed E-state index contributed by atoms with van der Waals surface area (Å²) in [6.45, 7) is 8.08. The molecule has 1 aromatic rings. The van der Waals surface area contributed by atoms with Gasteiger partial charge in [-0.1, -0.05) is 13.8 Å². The Morgan fingerprint density at radius 3 is 2.67 bits per heavy atom. The lowest BCUT2D eigenvalue weighted by Gasteiger charge is -2.27. The number of nitrogens with zero attached hydrogens (tertiary/aromatic N) is 2. The monoisotopic (exact) mass is 271 g/mol. The van der Waals surface area contributed by atoms with Gasteiger partial charge in [0, 0.05) is 30.9 Å². The molecule has 0 spiro atoms. The van der Waals surface area contributed by atoms with Crippen LogP contribution in [0.1, 0.15) is 37.4 Å². The van der Waals surface area contributed by atoms with Gasteiger partial charge in [0.25, 0.3) is 0 Å². The summed E-state index contributed by atoms with van der Waals surface area (Å²) in [5, 5.41) is 16.7. The Kier molecular flexibility index (Phi) is 5.72. The van der Waals surface area contributed by atoms with Crippen LogP contribution in [0, 0.1) is 0 Å². The van der Waals surface area contributed by atoms with Crippen molar-refractivity contribution in [2.45, 2.75) is 38.8 Å². The highest BCUT2D eigenvalue weighted by molar-refractivity contribution is 7.09. The van der Waals surface area contributed by atoms with Gasteiger partial charge in [0.05, 0.1) is 16.3 Å². The van der Waals surface area contributed by atoms with E-state index in [9.17, 15) is 5.11 Å². The summed E-state index contributed by atoms with van der Waals surface area (Å²) in [4.78, 5) is 6.54. The van der Waals surface area contributed by atoms with Crippen LogP contribution in [0.25, 0.3) is 0 Å². The average molecular weight is 271 g/mol. The molecular weight excluding hydrogens is 246 g/mol. The largest absolute Gasteiger partial charge is 0.388 e. The minimum atomic E-state index is -0.708. The molecule has 1 aromatic heterocycles. The molecule has 0 saturated carbocycles. The van der Waals surface area contributed by atoms with Crippen molar-refractivity contribution in [3.8, 4) is 0 Å². The zero-order chi connectivity index (χ0) is 13.8. The maximum atomic E-state index is 10.1. The number of hydrogen-bond donors (Lipinski definition) is 2. The number of nitrogens with one attached hydrogen (secondary N) is 1. The fourth-order valence-corrected chi connectivity index (χ4v) is 2.70. The molecule has 0 saturated heterocycles. The van der Waals surface area contributed by atoms with Gasteiger partial charge >= 0.3 is 0 Å². The first-order valence-corrected chi connectivity index (χ1v) is 7.20. The van der Waals surface area contributed by atoms with E-state index in [0.29, 0.717) is 25.6 Å². The molecule has 0 aromatic carbocycles. The highest BCUT2D eigenvalue weighted by atomic mass is 32.1. The maximum absolute atomic E-state index is 10.1. The number of aliphatic hydroxyl groups is 1. The Hall–Kier alpha value is -0.490. The lowest BCUT2D eigenvalue weighted by Crippen LogP contribution is -2.45. The van der Waals surface area contributed by atoms with Crippen LogP contribution >= 0.6 is 11.3 Å². The van der Waals surface area contributed by atoms with Crippen molar-refractivity contribution < 1.29 is 5.11 Å². The van der Waals surface area contributed by atoms with Gasteiger partial charge in [-0.2, -0.15) is 0 Å². The van der Waals surface area contributed by atoms with E-state index in [2.05, 4.69) is 29.5 Å². The van der Waals surface area contributed by atoms with E-state index in [1.54, 1.807) is 11.3 Å². The fraction of sp³-hybridized carbons (Fsp3) is 0.769. The number of likely N-dealkylation sites (N-methyl/N-ethyl adjacent to an activating group) is 1. The van der Waals surface area contributed by atoms with Gasteiger partial charge in [-0.15, -0.1) is 11.3 Å². The Morgan fingerprint density at radius 2 is 2.17 bits per heavy atom. The van der Waals surface area contributed by atoms with Crippen LogP contribution in [0.15, 0.2) is 5.38 Å². The molecule has 2 N–H and O–H groups in total. The molecule has 5 heteroatoms. The SMILES string of the molecule is CC(C)c1nc(CNCC(C)(O)CN(C)C)cs1. The second kappa shape index (κ2) is 6.61. The molecular formula is C13H25N3OS. The molecule has 0 bridgehead atoms. The highest BCUT2D eigenvalue weighted by Gasteiger charge is 2.20. The van der Waals surface area contributed by atoms with E-state index in [4.69, 9.17) is 0 Å². The summed E-state index contributed by atoms with van der Waals surface area (Å²) < 4.78 is 0. The molecule has 1 rings (SSSR count). The molecule has 0 aliphatic rings. The number of thiazole rings is 1. The number of hydrogen-bond acceptors (Lipinski definition) is 5. The molecule has 1 atom stereocenters. The van der Waals surface area contributed by atoms with E-state index in [0.717, 1.165) is 5.69 Å². The van der Waals surface area contributed by atoms with Crippen LogP contribution in [-0.2, 0) is 6.54 Å². The lowest BCUT2D eigenvalue weighted by molar-refractivity contribution is 0.0335. The van der Waals surface area contributed by atoms with Gasteiger partial charge in [-0.3, -0.25) is 0 Å². The lowest BCUT2D eigenvalue weighted by atomic mass is 10.1. The van der Waals surface area contributed by atoms with Crippen molar-refractivity contribution in [2.75, 3.05) is 27.2 Å². The predicted octanol–water partition coefficient (Wildman–Crippen LogP) is 1.67. The van der Waals surface area contributed by atoms with E-state index in [-0.39, 0.29) is 0 Å². The van der Waals surface area contributed by atoms with Crippen molar-refractivity contribution in [1.29, 1.82) is 0 Å². The van der Waals surface area contributed by atoms with Crippen LogP contribution < -0.4 is 5.32 Å². The molecule has 4 nitrogen and oxygen atoms in total. The van der Waals surface area contributed by atoms with Gasteiger partial charge in [-0.05, 0) is 21.0 Å². The second-order valence-electron chi connectivity index (χ2n) is 5.67. The summed E-state index contributed by atoms with van der Waals surface area (Å²) in [7, 11) is 3.92. The number of aromatic nitrogens is 1. The summed E-state index contributed by atoms with van der Waals surface area (Å²) in [6.07, 6.45) is 0. The third-order valence-corrected chi connectivity index (χ3v) is 3.73. The molecule has 1 heterocycles. The molecule has 0 radical (unpaired) electrons. The van der Waals surface area contributed by atoms with Crippen LogP contribution in [0.4, 0.5) is 0 Å². The highest BCUT2D eigenvalue weighted by Crippen LogP contribution is 2.19. The minimum Gasteiger partial charge on any atom is -0.388 e. The van der Waals surface area contributed by atoms with Crippen LogP contribution in [0.3, 0.4) is 0 Å². The molecule has 0 aliphatic heterocycles. The summed E-state index contributed by atoms with van der Waals surface area (Å²) >= 11 is 1.70. The second-order valence-corrected chi connectivity index (χ2v) is 6.56. The average Bonchev–Trinajstić information content (AvgIpc) is 2.63. The molecule has 0 aliphatic carbocycles. The molecule has 18 heavy (non-hydrogen) atoms. The molecule has 0 amide bonds.